The smallest absolute Gasteiger partial charge is 0.143 e. The summed E-state index contributed by atoms with van der Waals surface area (Å²) < 4.78 is 5.01. The monoisotopic (exact) mass is 211 g/mol. The zero-order chi connectivity index (χ0) is 10.6. The van der Waals surface area contributed by atoms with Gasteiger partial charge in [-0.15, -0.1) is 0 Å². The van der Waals surface area contributed by atoms with E-state index in [1.165, 1.54) is 7.11 Å². The molecule has 1 aromatic carbocycles. The number of anilines is 1. The van der Waals surface area contributed by atoms with Crippen molar-refractivity contribution in [1.82, 2.24) is 0 Å². The minimum atomic E-state index is -0.205. The Morgan fingerprint density at radius 1 is 1.57 bits per heavy atom. The largest absolute Gasteiger partial charge is 0.495 e. The zero-order valence-electron chi connectivity index (χ0n) is 7.67. The van der Waals surface area contributed by atoms with Gasteiger partial charge >= 0.3 is 0 Å². The van der Waals surface area contributed by atoms with Gasteiger partial charge in [0.25, 0.3) is 0 Å². The first kappa shape index (κ1) is 10.7. The molecule has 0 aliphatic carbocycles. The van der Waals surface area contributed by atoms with Gasteiger partial charge in [-0.25, -0.2) is 0 Å². The summed E-state index contributed by atoms with van der Waals surface area (Å²) in [4.78, 5) is 0. The number of hydrogen-bond acceptors (Lipinski definition) is 3. The number of nitrogen functional groups attached to an aromatic ring is 1. The third kappa shape index (κ3) is 2.32. The first-order valence-corrected chi connectivity index (χ1v) is 4.29. The van der Waals surface area contributed by atoms with Gasteiger partial charge in [0.2, 0.25) is 0 Å². The Morgan fingerprint density at radius 2 is 2.29 bits per heavy atom. The first-order valence-electron chi connectivity index (χ1n) is 3.91. The quantitative estimate of drug-likeness (QED) is 0.544. The molecule has 0 atom stereocenters. The van der Waals surface area contributed by atoms with E-state index in [1.54, 1.807) is 12.1 Å². The van der Waals surface area contributed by atoms with Crippen LogP contribution in [-0.4, -0.2) is 18.8 Å². The van der Waals surface area contributed by atoms with Crippen molar-refractivity contribution in [2.45, 2.75) is 0 Å². The second-order valence-corrected chi connectivity index (χ2v) is 2.94. The Labute approximate surface area is 87.4 Å². The summed E-state index contributed by atoms with van der Waals surface area (Å²) in [6, 6.07) is 3.21. The van der Waals surface area contributed by atoms with Crippen LogP contribution >= 0.6 is 11.6 Å². The molecule has 74 valence electrons. The molecule has 0 aliphatic heterocycles. The van der Waals surface area contributed by atoms with Crippen molar-refractivity contribution in [3.8, 4) is 17.6 Å². The standard InChI is InChI=1S/C10H10ClNO2/c1-14-10-5-7(3-2-4-13)8(11)6-9(10)12/h5-6,13H,4,12H2,1H3. The fourth-order valence-electron chi connectivity index (χ4n) is 0.976. The van der Waals surface area contributed by atoms with Crippen molar-refractivity contribution in [1.29, 1.82) is 0 Å². The van der Waals surface area contributed by atoms with Crippen molar-refractivity contribution in [2.24, 2.45) is 0 Å². The van der Waals surface area contributed by atoms with Gasteiger partial charge in [-0.3, -0.25) is 0 Å². The van der Waals surface area contributed by atoms with Crippen LogP contribution in [-0.2, 0) is 0 Å². The molecule has 0 bridgehead atoms. The second-order valence-electron chi connectivity index (χ2n) is 2.53. The molecular formula is C10H10ClNO2. The Bertz CT molecular complexity index is 393. The minimum absolute atomic E-state index is 0.205. The maximum atomic E-state index is 8.53. The van der Waals surface area contributed by atoms with E-state index in [4.69, 9.17) is 27.2 Å². The number of rotatable bonds is 1. The van der Waals surface area contributed by atoms with E-state index in [9.17, 15) is 0 Å². The van der Waals surface area contributed by atoms with Gasteiger partial charge in [-0.05, 0) is 12.1 Å². The van der Waals surface area contributed by atoms with Crippen molar-refractivity contribution in [3.05, 3.63) is 22.7 Å². The zero-order valence-corrected chi connectivity index (χ0v) is 8.43. The topological polar surface area (TPSA) is 55.5 Å². The maximum Gasteiger partial charge on any atom is 0.143 e. The van der Waals surface area contributed by atoms with Crippen LogP contribution in [0.1, 0.15) is 5.56 Å². The average molecular weight is 212 g/mol. The van der Waals surface area contributed by atoms with Crippen LogP contribution in [0.4, 0.5) is 5.69 Å². The van der Waals surface area contributed by atoms with E-state index < -0.39 is 0 Å². The van der Waals surface area contributed by atoms with E-state index in [2.05, 4.69) is 11.8 Å². The number of aliphatic hydroxyl groups excluding tert-OH is 1. The first-order chi connectivity index (χ1) is 6.69. The molecule has 0 amide bonds. The van der Waals surface area contributed by atoms with Gasteiger partial charge in [0.1, 0.15) is 12.4 Å². The van der Waals surface area contributed by atoms with Crippen LogP contribution in [0.3, 0.4) is 0 Å². The molecule has 0 fully saturated rings. The summed E-state index contributed by atoms with van der Waals surface area (Å²) in [5, 5.41) is 8.98. The molecule has 0 saturated carbocycles. The Kier molecular flexibility index (Phi) is 3.63. The SMILES string of the molecule is COc1cc(C#CCO)c(Cl)cc1N. The molecule has 3 nitrogen and oxygen atoms in total. The number of benzene rings is 1. The summed E-state index contributed by atoms with van der Waals surface area (Å²) in [7, 11) is 1.52. The van der Waals surface area contributed by atoms with Crippen molar-refractivity contribution >= 4 is 17.3 Å². The summed E-state index contributed by atoms with van der Waals surface area (Å²) in [6.45, 7) is -0.205. The fourth-order valence-corrected chi connectivity index (χ4v) is 1.20. The summed E-state index contributed by atoms with van der Waals surface area (Å²) in [5.74, 6) is 5.72. The summed E-state index contributed by atoms with van der Waals surface area (Å²) >= 11 is 5.87. The van der Waals surface area contributed by atoms with Crippen LogP contribution < -0.4 is 10.5 Å². The van der Waals surface area contributed by atoms with E-state index in [-0.39, 0.29) is 6.61 Å². The third-order valence-electron chi connectivity index (χ3n) is 1.62. The number of methoxy groups -OCH3 is 1. The number of ether oxygens (including phenoxy) is 1. The van der Waals surface area contributed by atoms with Crippen LogP contribution in [0, 0.1) is 11.8 Å². The number of halogens is 1. The molecule has 4 heteroatoms. The Balaban J connectivity index is 3.17. The van der Waals surface area contributed by atoms with E-state index in [0.29, 0.717) is 22.0 Å². The van der Waals surface area contributed by atoms with E-state index in [0.717, 1.165) is 0 Å². The number of hydrogen-bond donors (Lipinski definition) is 2. The molecule has 0 unspecified atom stereocenters. The van der Waals surface area contributed by atoms with Gasteiger partial charge < -0.3 is 15.6 Å². The predicted molar refractivity (Wildman–Crippen MR) is 56.4 cm³/mol. The normalized spacial score (nSPS) is 9.07. The Morgan fingerprint density at radius 3 is 2.86 bits per heavy atom. The number of nitrogens with two attached hydrogens (primary N) is 1. The van der Waals surface area contributed by atoms with Gasteiger partial charge in [-0.2, -0.15) is 0 Å². The predicted octanol–water partition coefficient (Wildman–Crippen LogP) is 1.27. The molecule has 1 rings (SSSR count). The fraction of sp³-hybridized carbons (Fsp3) is 0.200. The molecule has 1 aromatic rings. The lowest BCUT2D eigenvalue weighted by Gasteiger charge is -2.05. The van der Waals surface area contributed by atoms with Gasteiger partial charge in [0.15, 0.2) is 0 Å². The molecule has 0 aliphatic rings. The molecule has 0 spiro atoms. The van der Waals surface area contributed by atoms with E-state index >= 15 is 0 Å². The molecule has 0 heterocycles. The van der Waals surface area contributed by atoms with Crippen molar-refractivity contribution in [3.63, 3.8) is 0 Å². The average Bonchev–Trinajstić information content (AvgIpc) is 2.17. The second kappa shape index (κ2) is 4.75. The third-order valence-corrected chi connectivity index (χ3v) is 1.93. The van der Waals surface area contributed by atoms with Crippen LogP contribution in [0.15, 0.2) is 12.1 Å². The van der Waals surface area contributed by atoms with Gasteiger partial charge in [-0.1, -0.05) is 23.4 Å². The lowest BCUT2D eigenvalue weighted by Crippen LogP contribution is -1.93. The van der Waals surface area contributed by atoms with Crippen molar-refractivity contribution < 1.29 is 9.84 Å². The summed E-state index contributed by atoms with van der Waals surface area (Å²) in [6.07, 6.45) is 0. The molecule has 0 saturated heterocycles. The van der Waals surface area contributed by atoms with Crippen LogP contribution in [0.25, 0.3) is 0 Å². The summed E-state index contributed by atoms with van der Waals surface area (Å²) in [5.41, 5.74) is 6.68. The van der Waals surface area contributed by atoms with Crippen molar-refractivity contribution in [2.75, 3.05) is 19.5 Å². The maximum absolute atomic E-state index is 8.53. The lowest BCUT2D eigenvalue weighted by molar-refractivity contribution is 0.350. The van der Waals surface area contributed by atoms with Gasteiger partial charge in [0, 0.05) is 5.56 Å². The highest BCUT2D eigenvalue weighted by Gasteiger charge is 2.04. The molecule has 14 heavy (non-hydrogen) atoms. The van der Waals surface area contributed by atoms with Crippen LogP contribution in [0.5, 0.6) is 5.75 Å². The molecule has 0 radical (unpaired) electrons. The number of aliphatic hydroxyl groups is 1. The highest BCUT2D eigenvalue weighted by Crippen LogP contribution is 2.28. The molecule has 3 N–H and O–H groups in total. The van der Waals surface area contributed by atoms with Crippen LogP contribution in [0.2, 0.25) is 5.02 Å². The minimum Gasteiger partial charge on any atom is -0.495 e. The highest BCUT2D eigenvalue weighted by atomic mass is 35.5. The molecular weight excluding hydrogens is 202 g/mol. The highest BCUT2D eigenvalue weighted by molar-refractivity contribution is 6.32. The van der Waals surface area contributed by atoms with E-state index in [1.807, 2.05) is 0 Å². The Hall–Kier alpha value is -1.37. The molecule has 0 aromatic heterocycles. The van der Waals surface area contributed by atoms with Gasteiger partial charge in [0.05, 0.1) is 17.8 Å². The lowest BCUT2D eigenvalue weighted by atomic mass is 10.2.